The van der Waals surface area contributed by atoms with Gasteiger partial charge in [-0.3, -0.25) is 4.79 Å². The third-order valence-electron chi connectivity index (χ3n) is 3.27. The lowest BCUT2D eigenvalue weighted by Gasteiger charge is -2.08. The second kappa shape index (κ2) is 6.72. The summed E-state index contributed by atoms with van der Waals surface area (Å²) >= 11 is 3.34. The third-order valence-corrected chi connectivity index (χ3v) is 3.77. The van der Waals surface area contributed by atoms with Gasteiger partial charge in [0.15, 0.2) is 5.76 Å². The van der Waals surface area contributed by atoms with Crippen LogP contribution < -0.4 is 10.4 Å². The molecule has 0 saturated heterocycles. The van der Waals surface area contributed by atoms with Crippen molar-refractivity contribution >= 4 is 39.4 Å². The maximum Gasteiger partial charge on any atom is 0.235 e. The first-order valence-corrected chi connectivity index (χ1v) is 7.81. The Balaban J connectivity index is 1.93. The van der Waals surface area contributed by atoms with Crippen LogP contribution in [0, 0.1) is 0 Å². The number of anilines is 1. The van der Waals surface area contributed by atoms with Gasteiger partial charge in [0.1, 0.15) is 5.57 Å². The highest BCUT2D eigenvalue weighted by molar-refractivity contribution is 9.10. The van der Waals surface area contributed by atoms with Gasteiger partial charge in [-0.15, -0.1) is 0 Å². The second-order valence-electron chi connectivity index (χ2n) is 4.98. The van der Waals surface area contributed by atoms with Crippen LogP contribution in [0.3, 0.4) is 0 Å². The van der Waals surface area contributed by atoms with Crippen LogP contribution in [0.15, 0.2) is 76.3 Å². The molecular weight excluding hydrogens is 374 g/mol. The molecule has 0 bridgehead atoms. The van der Waals surface area contributed by atoms with Crippen molar-refractivity contribution in [3.63, 3.8) is 0 Å². The summed E-state index contributed by atoms with van der Waals surface area (Å²) < 4.78 is 6.27. The number of benzene rings is 2. The first kappa shape index (κ1) is 16.0. The number of allylic oxidation sites excluding steroid dienone is 1. The fourth-order valence-corrected chi connectivity index (χ4v) is 2.62. The van der Waals surface area contributed by atoms with Gasteiger partial charge in [-0.2, -0.15) is 0 Å². The fraction of sp³-hybridized carbons (Fsp3) is 0. The fourth-order valence-electron chi connectivity index (χ4n) is 2.20. The molecule has 0 aliphatic carbocycles. The lowest BCUT2D eigenvalue weighted by Crippen LogP contribution is -2.28. The molecule has 2 aromatic rings. The van der Waals surface area contributed by atoms with Crippen molar-refractivity contribution in [1.29, 1.82) is 0 Å². The van der Waals surface area contributed by atoms with Crippen molar-refractivity contribution in [2.45, 2.75) is 0 Å². The maximum absolute atomic E-state index is 12.3. The van der Waals surface area contributed by atoms with E-state index in [-0.39, 0.29) is 11.6 Å². The quantitative estimate of drug-likeness (QED) is 0.646. The summed E-state index contributed by atoms with van der Waals surface area (Å²) in [5.41, 5.74) is 0.772. The van der Waals surface area contributed by atoms with Crippen molar-refractivity contribution in [2.75, 3.05) is 5.32 Å². The van der Waals surface area contributed by atoms with Gasteiger partial charge in [-0.05, 0) is 35.9 Å². The molecule has 0 spiro atoms. The van der Waals surface area contributed by atoms with Gasteiger partial charge in [-0.1, -0.05) is 46.3 Å². The van der Waals surface area contributed by atoms with Gasteiger partial charge in [-0.25, -0.2) is 0 Å². The highest BCUT2D eigenvalue weighted by Gasteiger charge is 2.31. The average molecular weight is 385 g/mol. The molecule has 0 unspecified atom stereocenters. The first-order chi connectivity index (χ1) is 11.5. The molecule has 1 aliphatic rings. The third kappa shape index (κ3) is 3.38. The van der Waals surface area contributed by atoms with E-state index in [9.17, 15) is 14.7 Å². The number of Topliss-reactive ketones (excluding diaryl/α,β-unsaturated/α-hetero) is 1. The largest absolute Gasteiger partial charge is 0.544 e. The Bertz CT molecular complexity index is 872. The monoisotopic (exact) mass is 384 g/mol. The molecule has 2 aromatic carbocycles. The normalized spacial score (nSPS) is 15.5. The van der Waals surface area contributed by atoms with Crippen LogP contribution in [0.25, 0.3) is 6.08 Å². The minimum atomic E-state index is -1.59. The van der Waals surface area contributed by atoms with Crippen molar-refractivity contribution < 1.29 is 19.4 Å². The number of para-hydroxylation sites is 1. The van der Waals surface area contributed by atoms with E-state index in [0.717, 1.165) is 4.47 Å². The molecule has 0 atom stereocenters. The highest BCUT2D eigenvalue weighted by atomic mass is 79.9. The molecular formula is C18H11BrNO4-. The van der Waals surface area contributed by atoms with Crippen LogP contribution in [0.2, 0.25) is 0 Å². The Hall–Kier alpha value is -2.86. The SMILES string of the molecule is O=C([O-])C1=C(Nc2ccccc2)O/C(=C\c2cccc(Br)c2)C1=O. The maximum atomic E-state index is 12.3. The summed E-state index contributed by atoms with van der Waals surface area (Å²) in [6.45, 7) is 0. The smallest absolute Gasteiger partial charge is 0.235 e. The lowest BCUT2D eigenvalue weighted by atomic mass is 10.1. The molecule has 5 nitrogen and oxygen atoms in total. The Kier molecular flexibility index (Phi) is 4.48. The number of carboxylic acid groups (broad SMARTS) is 1. The van der Waals surface area contributed by atoms with Gasteiger partial charge in [0.05, 0.1) is 5.97 Å². The summed E-state index contributed by atoms with van der Waals surface area (Å²) in [6.07, 6.45) is 1.48. The van der Waals surface area contributed by atoms with Crippen LogP contribution in [0.4, 0.5) is 5.69 Å². The number of hydrogen-bond donors (Lipinski definition) is 1. The standard InChI is InChI=1S/C18H12BrNO4/c19-12-6-4-5-11(9-12)10-14-16(21)15(18(22)23)17(24-14)20-13-7-2-1-3-8-13/h1-10,20H,(H,22,23)/p-1/b14-10-. The van der Waals surface area contributed by atoms with Crippen LogP contribution in [-0.2, 0) is 14.3 Å². The Labute approximate surface area is 146 Å². The van der Waals surface area contributed by atoms with Crippen molar-refractivity contribution in [3.05, 3.63) is 81.8 Å². The van der Waals surface area contributed by atoms with E-state index in [0.29, 0.717) is 11.3 Å². The number of rotatable bonds is 4. The summed E-state index contributed by atoms with van der Waals surface area (Å²) in [6, 6.07) is 16.0. The highest BCUT2D eigenvalue weighted by Crippen LogP contribution is 2.28. The predicted octanol–water partition coefficient (Wildman–Crippen LogP) is 2.46. The van der Waals surface area contributed by atoms with Gasteiger partial charge in [0.2, 0.25) is 11.7 Å². The number of carboxylic acids is 1. The number of carbonyl (C=O) groups is 2. The van der Waals surface area contributed by atoms with Crippen LogP contribution in [0.5, 0.6) is 0 Å². The molecule has 24 heavy (non-hydrogen) atoms. The average Bonchev–Trinajstić information content (AvgIpc) is 2.84. The van der Waals surface area contributed by atoms with Gasteiger partial charge < -0.3 is 20.0 Å². The summed E-state index contributed by atoms with van der Waals surface area (Å²) in [5, 5.41) is 14.1. The number of hydrogen-bond acceptors (Lipinski definition) is 5. The molecule has 0 fully saturated rings. The Morgan fingerprint density at radius 1 is 1.12 bits per heavy atom. The summed E-state index contributed by atoms with van der Waals surface area (Å²) in [5.74, 6) is -2.54. The van der Waals surface area contributed by atoms with Crippen molar-refractivity contribution in [1.82, 2.24) is 0 Å². The molecule has 0 amide bonds. The number of aliphatic carboxylic acids is 1. The molecule has 6 heteroatoms. The molecule has 0 radical (unpaired) electrons. The van der Waals surface area contributed by atoms with E-state index in [2.05, 4.69) is 21.2 Å². The number of halogens is 1. The summed E-state index contributed by atoms with van der Waals surface area (Å²) in [7, 11) is 0. The number of carbonyl (C=O) groups excluding carboxylic acids is 2. The predicted molar refractivity (Wildman–Crippen MR) is 90.3 cm³/mol. The number of ether oxygens (including phenoxy) is 1. The Morgan fingerprint density at radius 2 is 1.88 bits per heavy atom. The van der Waals surface area contributed by atoms with E-state index in [1.165, 1.54) is 6.08 Å². The first-order valence-electron chi connectivity index (χ1n) is 7.02. The van der Waals surface area contributed by atoms with E-state index in [4.69, 9.17) is 4.74 Å². The summed E-state index contributed by atoms with van der Waals surface area (Å²) in [4.78, 5) is 23.6. The second-order valence-corrected chi connectivity index (χ2v) is 5.89. The molecule has 1 N–H and O–H groups in total. The van der Waals surface area contributed by atoms with Crippen LogP contribution >= 0.6 is 15.9 Å². The van der Waals surface area contributed by atoms with Gasteiger partial charge >= 0.3 is 0 Å². The zero-order chi connectivity index (χ0) is 17.1. The minimum absolute atomic E-state index is 0.0780. The van der Waals surface area contributed by atoms with E-state index >= 15 is 0 Å². The molecule has 1 aliphatic heterocycles. The molecule has 120 valence electrons. The number of nitrogens with one attached hydrogen (secondary N) is 1. The van der Waals surface area contributed by atoms with Crippen molar-refractivity contribution in [3.8, 4) is 0 Å². The minimum Gasteiger partial charge on any atom is -0.544 e. The van der Waals surface area contributed by atoms with Crippen molar-refractivity contribution in [2.24, 2.45) is 0 Å². The zero-order valence-corrected chi connectivity index (χ0v) is 13.9. The zero-order valence-electron chi connectivity index (χ0n) is 12.3. The van der Waals surface area contributed by atoms with Crippen LogP contribution in [-0.4, -0.2) is 11.8 Å². The topological polar surface area (TPSA) is 78.5 Å². The molecule has 0 saturated carbocycles. The van der Waals surface area contributed by atoms with E-state index < -0.39 is 17.3 Å². The lowest BCUT2D eigenvalue weighted by molar-refractivity contribution is -0.298. The molecule has 3 rings (SSSR count). The Morgan fingerprint density at radius 3 is 2.54 bits per heavy atom. The molecule has 0 aromatic heterocycles. The van der Waals surface area contributed by atoms with E-state index in [1.807, 2.05) is 12.1 Å². The van der Waals surface area contributed by atoms with Crippen LogP contribution in [0.1, 0.15) is 5.56 Å². The van der Waals surface area contributed by atoms with Gasteiger partial charge in [0, 0.05) is 10.2 Å². The number of ketones is 1. The molecule has 1 heterocycles. The van der Waals surface area contributed by atoms with E-state index in [1.54, 1.807) is 42.5 Å². The van der Waals surface area contributed by atoms with Gasteiger partial charge in [0.25, 0.3) is 0 Å².